The van der Waals surface area contributed by atoms with Gasteiger partial charge in [0, 0.05) is 19.3 Å². The van der Waals surface area contributed by atoms with Crippen molar-refractivity contribution in [3.8, 4) is 0 Å². The van der Waals surface area contributed by atoms with E-state index in [0.717, 1.165) is 24.8 Å². The summed E-state index contributed by atoms with van der Waals surface area (Å²) >= 11 is 0. The Labute approximate surface area is 114 Å². The average Bonchev–Trinajstić information content (AvgIpc) is 2.29. The van der Waals surface area contributed by atoms with E-state index in [1.807, 2.05) is 0 Å². The molecule has 0 heterocycles. The fourth-order valence-electron chi connectivity index (χ4n) is 3.08. The molecule has 0 saturated heterocycles. The molecule has 0 amide bonds. The van der Waals surface area contributed by atoms with Crippen LogP contribution in [0.25, 0.3) is 0 Å². The van der Waals surface area contributed by atoms with Crippen molar-refractivity contribution < 1.29 is 0 Å². The predicted octanol–water partition coefficient (Wildman–Crippen LogP) is 5.00. The van der Waals surface area contributed by atoms with Crippen LogP contribution in [0, 0.1) is 11.8 Å². The smallest absolute Gasteiger partial charge is 0.0202 e. The molecule has 18 heavy (non-hydrogen) atoms. The van der Waals surface area contributed by atoms with Crippen LogP contribution in [0.15, 0.2) is 24.4 Å². The Balaban J connectivity index is 2.32. The van der Waals surface area contributed by atoms with E-state index < -0.39 is 0 Å². The maximum atomic E-state index is 4.26. The Morgan fingerprint density at radius 1 is 1.50 bits per heavy atom. The van der Waals surface area contributed by atoms with E-state index in [1.165, 1.54) is 49.8 Å². The van der Waals surface area contributed by atoms with Crippen molar-refractivity contribution in [3.63, 3.8) is 0 Å². The Kier molecular flexibility index (Phi) is 6.52. The molecule has 0 aromatic rings. The predicted molar refractivity (Wildman–Crippen MR) is 81.6 cm³/mol. The number of rotatable bonds is 7. The van der Waals surface area contributed by atoms with Crippen LogP contribution in [-0.2, 0) is 0 Å². The highest BCUT2D eigenvalue weighted by molar-refractivity contribution is 5.01. The summed E-state index contributed by atoms with van der Waals surface area (Å²) in [5.74, 6) is 1.57. The fraction of sp³-hybridized carbons (Fsp3) is 0.765. The minimum Gasteiger partial charge on any atom is -0.378 e. The summed E-state index contributed by atoms with van der Waals surface area (Å²) in [6.45, 7) is 14.2. The van der Waals surface area contributed by atoms with E-state index in [1.54, 1.807) is 0 Å². The summed E-state index contributed by atoms with van der Waals surface area (Å²) in [5.41, 5.74) is 2.76. The molecule has 1 fully saturated rings. The second-order valence-electron chi connectivity index (χ2n) is 6.26. The first kappa shape index (κ1) is 15.3. The van der Waals surface area contributed by atoms with Gasteiger partial charge in [0.15, 0.2) is 0 Å². The second kappa shape index (κ2) is 7.66. The van der Waals surface area contributed by atoms with Crippen LogP contribution in [-0.4, -0.2) is 18.5 Å². The molecule has 1 heteroatoms. The lowest BCUT2D eigenvalue weighted by Crippen LogP contribution is -2.27. The molecule has 0 N–H and O–H groups in total. The maximum absolute atomic E-state index is 4.26. The average molecular weight is 249 g/mol. The molecule has 1 aliphatic carbocycles. The highest BCUT2D eigenvalue weighted by Gasteiger charge is 2.18. The van der Waals surface area contributed by atoms with Crippen molar-refractivity contribution in [1.82, 2.24) is 4.90 Å². The zero-order valence-corrected chi connectivity index (χ0v) is 12.7. The van der Waals surface area contributed by atoms with Crippen molar-refractivity contribution in [2.24, 2.45) is 11.8 Å². The van der Waals surface area contributed by atoms with Crippen LogP contribution in [0.5, 0.6) is 0 Å². The number of nitrogens with zero attached hydrogens (tertiary/aromatic N) is 1. The van der Waals surface area contributed by atoms with E-state index in [-0.39, 0.29) is 0 Å². The lowest BCUT2D eigenvalue weighted by atomic mass is 9.86. The monoisotopic (exact) mass is 249 g/mol. The van der Waals surface area contributed by atoms with E-state index in [2.05, 4.69) is 39.0 Å². The third-order valence-corrected chi connectivity index (χ3v) is 4.16. The molecule has 0 spiro atoms. The molecule has 1 aliphatic rings. The Hall–Kier alpha value is -0.720. The van der Waals surface area contributed by atoms with Crippen molar-refractivity contribution in [1.29, 1.82) is 0 Å². The first-order valence-corrected chi connectivity index (χ1v) is 7.58. The molecule has 1 saturated carbocycles. The van der Waals surface area contributed by atoms with Gasteiger partial charge < -0.3 is 4.90 Å². The molecule has 0 aromatic carbocycles. The number of hydrogen-bond donors (Lipinski definition) is 0. The third kappa shape index (κ3) is 5.29. The summed E-state index contributed by atoms with van der Waals surface area (Å²) in [4.78, 5) is 2.38. The summed E-state index contributed by atoms with van der Waals surface area (Å²) in [7, 11) is 2.21. The third-order valence-electron chi connectivity index (χ3n) is 4.16. The van der Waals surface area contributed by atoms with Gasteiger partial charge in [-0.15, -0.1) is 0 Å². The van der Waals surface area contributed by atoms with Crippen LogP contribution >= 0.6 is 0 Å². The molecular formula is C17H31N. The molecule has 0 aliphatic heterocycles. The Morgan fingerprint density at radius 3 is 2.83 bits per heavy atom. The number of hydrogen-bond acceptors (Lipinski definition) is 1. The lowest BCUT2D eigenvalue weighted by molar-refractivity contribution is 0.282. The van der Waals surface area contributed by atoms with Gasteiger partial charge >= 0.3 is 0 Å². The molecule has 1 nitrogen and oxygen atoms in total. The Bertz CT molecular complexity index is 279. The van der Waals surface area contributed by atoms with Crippen molar-refractivity contribution >= 4 is 0 Å². The van der Waals surface area contributed by atoms with Gasteiger partial charge in [0.2, 0.25) is 0 Å². The van der Waals surface area contributed by atoms with Crippen LogP contribution in [0.4, 0.5) is 0 Å². The molecule has 2 unspecified atom stereocenters. The normalized spacial score (nSPS) is 21.7. The second-order valence-corrected chi connectivity index (χ2v) is 6.26. The molecule has 104 valence electrons. The van der Waals surface area contributed by atoms with Crippen molar-refractivity contribution in [2.45, 2.75) is 58.8 Å². The van der Waals surface area contributed by atoms with Gasteiger partial charge in [-0.05, 0) is 43.9 Å². The minimum atomic E-state index is 0.770. The zero-order valence-electron chi connectivity index (χ0n) is 12.7. The van der Waals surface area contributed by atoms with E-state index in [4.69, 9.17) is 0 Å². The van der Waals surface area contributed by atoms with Crippen LogP contribution in [0.1, 0.15) is 58.8 Å². The largest absolute Gasteiger partial charge is 0.378 e. The van der Waals surface area contributed by atoms with Gasteiger partial charge in [-0.2, -0.15) is 0 Å². The minimum absolute atomic E-state index is 0.770. The van der Waals surface area contributed by atoms with Crippen LogP contribution in [0.2, 0.25) is 0 Å². The highest BCUT2D eigenvalue weighted by atomic mass is 15.1. The maximum Gasteiger partial charge on any atom is 0.0202 e. The highest BCUT2D eigenvalue weighted by Crippen LogP contribution is 2.28. The van der Waals surface area contributed by atoms with Crippen LogP contribution < -0.4 is 0 Å². The summed E-state index contributed by atoms with van der Waals surface area (Å²) in [6.07, 6.45) is 8.90. The van der Waals surface area contributed by atoms with Gasteiger partial charge in [0.1, 0.15) is 0 Å². The van der Waals surface area contributed by atoms with Gasteiger partial charge in [0.25, 0.3) is 0 Å². The SMILES string of the molecule is C=C1CCCC(CN(C)C(=C)CC(C)CCC)C1. The molecule has 0 radical (unpaired) electrons. The first-order chi connectivity index (χ1) is 8.52. The molecule has 2 atom stereocenters. The van der Waals surface area contributed by atoms with E-state index in [9.17, 15) is 0 Å². The van der Waals surface area contributed by atoms with Crippen molar-refractivity contribution in [3.05, 3.63) is 24.4 Å². The Morgan fingerprint density at radius 2 is 2.22 bits per heavy atom. The van der Waals surface area contributed by atoms with Crippen LogP contribution in [0.3, 0.4) is 0 Å². The van der Waals surface area contributed by atoms with E-state index in [0.29, 0.717) is 0 Å². The lowest BCUT2D eigenvalue weighted by Gasteiger charge is -2.31. The molecule has 0 aromatic heterocycles. The molecule has 1 rings (SSSR count). The first-order valence-electron chi connectivity index (χ1n) is 7.58. The molecule has 0 bridgehead atoms. The summed E-state index contributed by atoms with van der Waals surface area (Å²) in [6, 6.07) is 0. The quantitative estimate of drug-likeness (QED) is 0.574. The van der Waals surface area contributed by atoms with Gasteiger partial charge in [-0.25, -0.2) is 0 Å². The summed E-state index contributed by atoms with van der Waals surface area (Å²) in [5, 5.41) is 0. The van der Waals surface area contributed by atoms with Crippen molar-refractivity contribution in [2.75, 3.05) is 13.6 Å². The van der Waals surface area contributed by atoms with Gasteiger partial charge in [0.05, 0.1) is 0 Å². The van der Waals surface area contributed by atoms with Gasteiger partial charge in [-0.3, -0.25) is 0 Å². The summed E-state index contributed by atoms with van der Waals surface area (Å²) < 4.78 is 0. The fourth-order valence-corrected chi connectivity index (χ4v) is 3.08. The van der Waals surface area contributed by atoms with Gasteiger partial charge in [-0.1, -0.05) is 45.4 Å². The zero-order chi connectivity index (χ0) is 13.5. The standard InChI is InChI=1S/C17H31N/c1-6-8-14(2)11-16(4)18(5)13-17-10-7-9-15(3)12-17/h14,17H,3-4,6-13H2,1-2,5H3. The van der Waals surface area contributed by atoms with E-state index >= 15 is 0 Å². The topological polar surface area (TPSA) is 3.24 Å². The number of allylic oxidation sites excluding steroid dienone is 2. The molecular weight excluding hydrogens is 218 g/mol.